The molecule has 0 bridgehead atoms. The lowest BCUT2D eigenvalue weighted by molar-refractivity contribution is -0.161. The first kappa shape index (κ1) is 70.0. The van der Waals surface area contributed by atoms with E-state index in [2.05, 4.69) is 45.1 Å². The van der Waals surface area contributed by atoms with E-state index in [4.69, 9.17) is 23.3 Å². The highest BCUT2D eigenvalue weighted by molar-refractivity contribution is 7.47. The molecule has 3 atom stereocenters. The number of aliphatic hydroxyl groups is 1. The molecule has 0 aromatic heterocycles. The van der Waals surface area contributed by atoms with Crippen molar-refractivity contribution in [2.24, 2.45) is 0 Å². The molecular formula is C60H113O11P. The van der Waals surface area contributed by atoms with E-state index in [1.165, 1.54) is 173 Å². The third-order valence-electron chi connectivity index (χ3n) is 13.4. The van der Waals surface area contributed by atoms with E-state index in [0.717, 1.165) is 70.6 Å². The van der Waals surface area contributed by atoms with Crippen LogP contribution in [0, 0.1) is 0 Å². The second-order valence-corrected chi connectivity index (χ2v) is 22.0. The van der Waals surface area contributed by atoms with Crippen molar-refractivity contribution < 1.29 is 52.2 Å². The van der Waals surface area contributed by atoms with Gasteiger partial charge in [-0.25, -0.2) is 4.57 Å². The molecule has 0 rings (SSSR count). The molecule has 0 spiro atoms. The number of hydrogen-bond donors (Lipinski definition) is 2. The lowest BCUT2D eigenvalue weighted by Crippen LogP contribution is -2.30. The first-order valence-electron chi connectivity index (χ1n) is 30.2. The fourth-order valence-corrected chi connectivity index (χ4v) is 9.53. The summed E-state index contributed by atoms with van der Waals surface area (Å²) in [4.78, 5) is 48.5. The molecule has 0 heterocycles. The number of phosphoric ester groups is 1. The van der Waals surface area contributed by atoms with E-state index in [0.29, 0.717) is 19.3 Å². The van der Waals surface area contributed by atoms with E-state index < -0.39 is 57.8 Å². The zero-order valence-electron chi connectivity index (χ0n) is 46.9. The third kappa shape index (κ3) is 52.8. The first-order valence-corrected chi connectivity index (χ1v) is 31.7. The predicted molar refractivity (Wildman–Crippen MR) is 298 cm³/mol. The van der Waals surface area contributed by atoms with Crippen molar-refractivity contribution in [3.8, 4) is 0 Å². The van der Waals surface area contributed by atoms with Gasteiger partial charge in [-0.2, -0.15) is 0 Å². The second kappa shape index (κ2) is 55.2. The first-order chi connectivity index (χ1) is 35.2. The molecule has 424 valence electrons. The van der Waals surface area contributed by atoms with Crippen molar-refractivity contribution in [2.75, 3.05) is 26.4 Å². The molecule has 3 unspecified atom stereocenters. The molecule has 12 heteroatoms. The highest BCUT2D eigenvalue weighted by atomic mass is 31.2. The molecule has 2 N–H and O–H groups in total. The zero-order valence-corrected chi connectivity index (χ0v) is 47.8. The summed E-state index contributed by atoms with van der Waals surface area (Å²) < 4.78 is 39.6. The van der Waals surface area contributed by atoms with E-state index in [9.17, 15) is 28.9 Å². The number of carbonyl (C=O) groups excluding carboxylic acids is 3. The molecule has 0 saturated heterocycles. The molecule has 0 aromatic carbocycles. The van der Waals surface area contributed by atoms with Gasteiger partial charge in [-0.05, 0) is 51.4 Å². The molecule has 72 heavy (non-hydrogen) atoms. The predicted octanol–water partition coefficient (Wildman–Crippen LogP) is 17.8. The molecule has 0 fully saturated rings. The number of phosphoric acid groups is 1. The minimum Gasteiger partial charge on any atom is -0.462 e. The maximum atomic E-state index is 12.9. The molecule has 0 aliphatic rings. The van der Waals surface area contributed by atoms with Crippen LogP contribution in [0.3, 0.4) is 0 Å². The van der Waals surface area contributed by atoms with E-state index >= 15 is 0 Å². The Hall–Kier alpha value is -2.04. The van der Waals surface area contributed by atoms with Gasteiger partial charge in [0.1, 0.15) is 12.7 Å². The van der Waals surface area contributed by atoms with Crippen LogP contribution in [0.5, 0.6) is 0 Å². The summed E-state index contributed by atoms with van der Waals surface area (Å²) in [6.45, 7) is 4.66. The topological polar surface area (TPSA) is 155 Å². The summed E-state index contributed by atoms with van der Waals surface area (Å²) in [5.41, 5.74) is 0. The standard InChI is InChI=1S/C60H113O11P/c1-4-7-10-13-16-19-22-24-26-27-28-29-31-32-35-37-40-43-46-49-58(62)67-53-57(71-60(64)51-48-45-42-39-36-33-30-25-23-20-17-14-11-8-5-2)55-69-72(65,66)68-54-56(52-61)70-59(63)50-47-44-41-38-34-21-18-15-12-9-6-3/h16,19,24,26,56-57,61H,4-15,17-18,20-23,25,27-55H2,1-3H3,(H,65,66)/b19-16-,26-24-. The summed E-state index contributed by atoms with van der Waals surface area (Å²) in [7, 11) is -4.74. The van der Waals surface area contributed by atoms with Crippen LogP contribution in [0.25, 0.3) is 0 Å². The molecule has 0 aliphatic carbocycles. The molecule has 0 radical (unpaired) electrons. The number of rotatable bonds is 57. The van der Waals surface area contributed by atoms with Crippen molar-refractivity contribution in [1.82, 2.24) is 0 Å². The molecule has 0 aromatic rings. The smallest absolute Gasteiger partial charge is 0.462 e. The van der Waals surface area contributed by atoms with Crippen molar-refractivity contribution >= 4 is 25.7 Å². The Morgan fingerprint density at radius 3 is 1.06 bits per heavy atom. The van der Waals surface area contributed by atoms with Crippen LogP contribution in [-0.4, -0.2) is 66.5 Å². The van der Waals surface area contributed by atoms with Gasteiger partial charge in [0.25, 0.3) is 0 Å². The van der Waals surface area contributed by atoms with Gasteiger partial charge >= 0.3 is 25.7 Å². The molecule has 0 amide bonds. The number of esters is 3. The molecular weight excluding hydrogens is 928 g/mol. The fourth-order valence-electron chi connectivity index (χ4n) is 8.74. The van der Waals surface area contributed by atoms with Crippen molar-refractivity contribution in [3.05, 3.63) is 24.3 Å². The van der Waals surface area contributed by atoms with Gasteiger partial charge < -0.3 is 24.2 Å². The Labute approximate surface area is 442 Å². The zero-order chi connectivity index (χ0) is 52.7. The average Bonchev–Trinajstić information content (AvgIpc) is 3.37. The maximum absolute atomic E-state index is 12.9. The summed E-state index contributed by atoms with van der Waals surface area (Å²) in [6.07, 6.45) is 55.6. The van der Waals surface area contributed by atoms with Gasteiger partial charge in [-0.1, -0.05) is 257 Å². The van der Waals surface area contributed by atoms with Gasteiger partial charge in [0, 0.05) is 19.3 Å². The third-order valence-corrected chi connectivity index (χ3v) is 14.3. The fraction of sp³-hybridized carbons (Fsp3) is 0.883. The van der Waals surface area contributed by atoms with Crippen LogP contribution in [0.2, 0.25) is 0 Å². The SMILES string of the molecule is CCCCC/C=C\C/C=C\CCCCCCCCCCCC(=O)OCC(COP(=O)(O)OCC(CO)OC(=O)CCCCCCCCCCCCC)OC(=O)CCCCCCCCCCCCCCCCC. The molecule has 11 nitrogen and oxygen atoms in total. The van der Waals surface area contributed by atoms with E-state index in [-0.39, 0.29) is 25.9 Å². The summed E-state index contributed by atoms with van der Waals surface area (Å²) in [5, 5.41) is 9.80. The molecule has 0 aliphatic heterocycles. The Balaban J connectivity index is 4.66. The van der Waals surface area contributed by atoms with Crippen molar-refractivity contribution in [1.29, 1.82) is 0 Å². The van der Waals surface area contributed by atoms with Gasteiger partial charge in [0.15, 0.2) is 6.10 Å². The van der Waals surface area contributed by atoms with Crippen molar-refractivity contribution in [3.63, 3.8) is 0 Å². The second-order valence-electron chi connectivity index (χ2n) is 20.5. The Morgan fingerprint density at radius 2 is 0.681 bits per heavy atom. The average molecular weight is 1040 g/mol. The molecule has 0 saturated carbocycles. The normalized spacial score (nSPS) is 13.5. The Kier molecular flexibility index (Phi) is 53.6. The van der Waals surface area contributed by atoms with Crippen LogP contribution >= 0.6 is 7.82 Å². The highest BCUT2D eigenvalue weighted by Crippen LogP contribution is 2.43. The largest absolute Gasteiger partial charge is 0.472 e. The number of ether oxygens (including phenoxy) is 3. The van der Waals surface area contributed by atoms with Crippen LogP contribution in [0.4, 0.5) is 0 Å². The lowest BCUT2D eigenvalue weighted by Gasteiger charge is -2.21. The number of aliphatic hydroxyl groups excluding tert-OH is 1. The Morgan fingerprint density at radius 1 is 0.389 bits per heavy atom. The minimum atomic E-state index is -4.74. The van der Waals surface area contributed by atoms with E-state index in [1.807, 2.05) is 0 Å². The van der Waals surface area contributed by atoms with Gasteiger partial charge in [-0.3, -0.25) is 23.4 Å². The van der Waals surface area contributed by atoms with Crippen LogP contribution in [-0.2, 0) is 42.2 Å². The van der Waals surface area contributed by atoms with Gasteiger partial charge in [0.2, 0.25) is 0 Å². The maximum Gasteiger partial charge on any atom is 0.472 e. The Bertz CT molecular complexity index is 1310. The quantitative estimate of drug-likeness (QED) is 0.0197. The van der Waals surface area contributed by atoms with Crippen LogP contribution in [0.1, 0.15) is 303 Å². The minimum absolute atomic E-state index is 0.174. The van der Waals surface area contributed by atoms with Crippen LogP contribution < -0.4 is 0 Å². The van der Waals surface area contributed by atoms with Gasteiger partial charge in [0.05, 0.1) is 19.8 Å². The number of unbranched alkanes of at least 4 members (excludes halogenated alkanes) is 36. The van der Waals surface area contributed by atoms with Gasteiger partial charge in [-0.15, -0.1) is 0 Å². The lowest BCUT2D eigenvalue weighted by atomic mass is 10.0. The summed E-state index contributed by atoms with van der Waals surface area (Å²) >= 11 is 0. The van der Waals surface area contributed by atoms with Crippen LogP contribution in [0.15, 0.2) is 24.3 Å². The summed E-state index contributed by atoms with van der Waals surface area (Å²) in [5.74, 6) is -1.44. The van der Waals surface area contributed by atoms with E-state index in [1.54, 1.807) is 0 Å². The highest BCUT2D eigenvalue weighted by Gasteiger charge is 2.28. The summed E-state index contributed by atoms with van der Waals surface area (Å²) in [6, 6.07) is 0. The monoisotopic (exact) mass is 1040 g/mol. The number of carbonyl (C=O) groups is 3. The number of allylic oxidation sites excluding steroid dienone is 4. The van der Waals surface area contributed by atoms with Crippen molar-refractivity contribution in [2.45, 2.75) is 315 Å². The number of hydrogen-bond acceptors (Lipinski definition) is 10.